The van der Waals surface area contributed by atoms with Crippen LogP contribution < -0.4 is 5.73 Å². The molecule has 1 saturated heterocycles. The third kappa shape index (κ3) is 2.49. The van der Waals surface area contributed by atoms with Crippen molar-refractivity contribution < 1.29 is 8.42 Å². The van der Waals surface area contributed by atoms with Gasteiger partial charge in [-0.25, -0.2) is 8.42 Å². The first-order chi connectivity index (χ1) is 8.65. The highest BCUT2D eigenvalue weighted by molar-refractivity contribution is 7.89. The second-order valence-corrected chi connectivity index (χ2v) is 7.90. The molecule has 0 saturated carbocycles. The van der Waals surface area contributed by atoms with Gasteiger partial charge in [0.1, 0.15) is 4.90 Å². The van der Waals surface area contributed by atoms with E-state index in [1.165, 1.54) is 8.99 Å². The second-order valence-electron chi connectivity index (χ2n) is 6.03. The SMILES string of the molecule is Cc1c(S(=O)(=O)N2CCCC(C)(C)C2)c(N)nn1C. The molecule has 0 unspecified atom stereocenters. The minimum absolute atomic E-state index is 0.0101. The zero-order valence-electron chi connectivity index (χ0n) is 12.0. The number of nitrogens with zero attached hydrogens (tertiary/aromatic N) is 3. The molecule has 1 aromatic rings. The Hall–Kier alpha value is -1.08. The molecule has 1 aromatic heterocycles. The van der Waals surface area contributed by atoms with E-state index in [4.69, 9.17) is 5.73 Å². The molecule has 0 amide bonds. The summed E-state index contributed by atoms with van der Waals surface area (Å²) in [5, 5.41) is 4.00. The number of aryl methyl sites for hydroxylation is 1. The van der Waals surface area contributed by atoms with Gasteiger partial charge in [0, 0.05) is 20.1 Å². The van der Waals surface area contributed by atoms with Crippen LogP contribution >= 0.6 is 0 Å². The van der Waals surface area contributed by atoms with Gasteiger partial charge in [0.25, 0.3) is 0 Å². The summed E-state index contributed by atoms with van der Waals surface area (Å²) in [5.41, 5.74) is 6.36. The van der Waals surface area contributed by atoms with Crippen LogP contribution in [0.2, 0.25) is 0 Å². The number of rotatable bonds is 2. The predicted molar refractivity (Wildman–Crippen MR) is 74.1 cm³/mol. The molecule has 108 valence electrons. The Kier molecular flexibility index (Phi) is 3.38. The molecular weight excluding hydrogens is 264 g/mol. The van der Waals surface area contributed by atoms with Crippen LogP contribution in [0.4, 0.5) is 5.82 Å². The van der Waals surface area contributed by atoms with Crippen molar-refractivity contribution in [3.05, 3.63) is 5.69 Å². The fourth-order valence-corrected chi connectivity index (χ4v) is 4.59. The number of anilines is 1. The summed E-state index contributed by atoms with van der Waals surface area (Å²) in [6, 6.07) is 0. The Morgan fingerprint density at radius 3 is 2.47 bits per heavy atom. The molecule has 0 aromatic carbocycles. The molecule has 1 fully saturated rings. The minimum atomic E-state index is -3.55. The maximum Gasteiger partial charge on any atom is 0.248 e. The fourth-order valence-electron chi connectivity index (χ4n) is 2.64. The van der Waals surface area contributed by atoms with Crippen LogP contribution in [-0.2, 0) is 17.1 Å². The number of hydrogen-bond acceptors (Lipinski definition) is 4. The lowest BCUT2D eigenvalue weighted by molar-refractivity contribution is 0.187. The van der Waals surface area contributed by atoms with Gasteiger partial charge in [0.05, 0.1) is 5.69 Å². The third-order valence-corrected chi connectivity index (χ3v) is 5.78. The van der Waals surface area contributed by atoms with E-state index in [1.54, 1.807) is 14.0 Å². The highest BCUT2D eigenvalue weighted by atomic mass is 32.2. The summed E-state index contributed by atoms with van der Waals surface area (Å²) >= 11 is 0. The van der Waals surface area contributed by atoms with E-state index in [1.807, 2.05) is 0 Å². The molecule has 2 rings (SSSR count). The standard InChI is InChI=1S/C12H22N4O2S/c1-9-10(11(13)14-15(9)4)19(17,18)16-7-5-6-12(2,3)8-16/h5-8H2,1-4H3,(H2,13,14). The first-order valence-corrected chi connectivity index (χ1v) is 7.88. The van der Waals surface area contributed by atoms with E-state index in [0.717, 1.165) is 12.8 Å². The predicted octanol–water partition coefficient (Wildman–Crippen LogP) is 1.12. The fraction of sp³-hybridized carbons (Fsp3) is 0.750. The zero-order valence-corrected chi connectivity index (χ0v) is 12.8. The largest absolute Gasteiger partial charge is 0.381 e. The number of nitrogens with two attached hydrogens (primary N) is 1. The van der Waals surface area contributed by atoms with Gasteiger partial charge >= 0.3 is 0 Å². The van der Waals surface area contributed by atoms with Gasteiger partial charge in [0.2, 0.25) is 10.0 Å². The van der Waals surface area contributed by atoms with Gasteiger partial charge in [-0.05, 0) is 25.2 Å². The van der Waals surface area contributed by atoms with Crippen molar-refractivity contribution in [3.63, 3.8) is 0 Å². The van der Waals surface area contributed by atoms with E-state index < -0.39 is 10.0 Å². The monoisotopic (exact) mass is 286 g/mol. The Labute approximate surface area is 114 Å². The smallest absolute Gasteiger partial charge is 0.248 e. The number of sulfonamides is 1. The van der Waals surface area contributed by atoms with Crippen molar-refractivity contribution in [1.82, 2.24) is 14.1 Å². The lowest BCUT2D eigenvalue weighted by Gasteiger charge is -2.37. The molecule has 0 aliphatic carbocycles. The van der Waals surface area contributed by atoms with E-state index in [2.05, 4.69) is 18.9 Å². The maximum absolute atomic E-state index is 12.7. The lowest BCUT2D eigenvalue weighted by Crippen LogP contribution is -2.43. The van der Waals surface area contributed by atoms with Crippen molar-refractivity contribution in [1.29, 1.82) is 0 Å². The van der Waals surface area contributed by atoms with Crippen LogP contribution in [0.5, 0.6) is 0 Å². The van der Waals surface area contributed by atoms with E-state index in [-0.39, 0.29) is 16.1 Å². The molecule has 2 heterocycles. The second kappa shape index (κ2) is 4.49. The van der Waals surface area contributed by atoms with Crippen LogP contribution in [0, 0.1) is 12.3 Å². The molecule has 7 heteroatoms. The minimum Gasteiger partial charge on any atom is -0.381 e. The Morgan fingerprint density at radius 1 is 1.37 bits per heavy atom. The molecule has 1 aliphatic rings. The number of aromatic nitrogens is 2. The molecule has 0 atom stereocenters. The number of hydrogen-bond donors (Lipinski definition) is 1. The van der Waals surface area contributed by atoms with Crippen molar-refractivity contribution in [3.8, 4) is 0 Å². The molecular formula is C12H22N4O2S. The summed E-state index contributed by atoms with van der Waals surface area (Å²) in [5.74, 6) is 0.0865. The normalized spacial score (nSPS) is 20.6. The highest BCUT2D eigenvalue weighted by Gasteiger charge is 2.37. The van der Waals surface area contributed by atoms with Crippen LogP contribution in [0.1, 0.15) is 32.4 Å². The van der Waals surface area contributed by atoms with Gasteiger partial charge in [-0.1, -0.05) is 13.8 Å². The zero-order chi connectivity index (χ0) is 14.4. The first kappa shape index (κ1) is 14.3. The van der Waals surface area contributed by atoms with Gasteiger partial charge < -0.3 is 5.73 Å². The summed E-state index contributed by atoms with van der Waals surface area (Å²) in [6.45, 7) is 7.00. The summed E-state index contributed by atoms with van der Waals surface area (Å²) in [6.07, 6.45) is 1.92. The van der Waals surface area contributed by atoms with Crippen LogP contribution in [0.15, 0.2) is 4.90 Å². The summed E-state index contributed by atoms with van der Waals surface area (Å²) in [4.78, 5) is 0.160. The summed E-state index contributed by atoms with van der Waals surface area (Å²) in [7, 11) is -1.85. The molecule has 6 nitrogen and oxygen atoms in total. The van der Waals surface area contributed by atoms with E-state index >= 15 is 0 Å². The highest BCUT2D eigenvalue weighted by Crippen LogP contribution is 2.33. The Balaban J connectivity index is 2.43. The van der Waals surface area contributed by atoms with Gasteiger partial charge in [0.15, 0.2) is 5.82 Å². The van der Waals surface area contributed by atoms with Crippen LogP contribution in [0.3, 0.4) is 0 Å². The molecule has 0 bridgehead atoms. The first-order valence-electron chi connectivity index (χ1n) is 6.44. The van der Waals surface area contributed by atoms with Crippen LogP contribution in [-0.4, -0.2) is 35.6 Å². The molecule has 19 heavy (non-hydrogen) atoms. The molecule has 2 N–H and O–H groups in total. The Bertz CT molecular complexity index is 589. The van der Waals surface area contributed by atoms with Gasteiger partial charge in [-0.3, -0.25) is 4.68 Å². The van der Waals surface area contributed by atoms with Gasteiger partial charge in [-0.15, -0.1) is 0 Å². The Morgan fingerprint density at radius 2 is 2.00 bits per heavy atom. The molecule has 0 spiro atoms. The van der Waals surface area contributed by atoms with Crippen LogP contribution in [0.25, 0.3) is 0 Å². The maximum atomic E-state index is 12.7. The van der Waals surface area contributed by atoms with Crippen molar-refractivity contribution in [2.45, 2.75) is 38.5 Å². The molecule has 0 radical (unpaired) electrons. The average Bonchev–Trinajstić information content (AvgIpc) is 2.51. The van der Waals surface area contributed by atoms with E-state index in [0.29, 0.717) is 18.8 Å². The van der Waals surface area contributed by atoms with E-state index in [9.17, 15) is 8.42 Å². The summed E-state index contributed by atoms with van der Waals surface area (Å²) < 4.78 is 28.5. The third-order valence-electron chi connectivity index (χ3n) is 3.77. The van der Waals surface area contributed by atoms with Crippen molar-refractivity contribution >= 4 is 15.8 Å². The number of nitrogen functional groups attached to an aromatic ring is 1. The van der Waals surface area contributed by atoms with Crippen molar-refractivity contribution in [2.75, 3.05) is 18.8 Å². The molecule has 1 aliphatic heterocycles. The quantitative estimate of drug-likeness (QED) is 0.883. The number of piperidine rings is 1. The van der Waals surface area contributed by atoms with Gasteiger partial charge in [-0.2, -0.15) is 9.40 Å². The van der Waals surface area contributed by atoms with Crippen molar-refractivity contribution in [2.24, 2.45) is 12.5 Å². The topological polar surface area (TPSA) is 81.2 Å². The average molecular weight is 286 g/mol. The lowest BCUT2D eigenvalue weighted by atomic mass is 9.85.